The minimum Gasteiger partial charge on any atom is -0.454 e. The number of benzene rings is 1. The van der Waals surface area contributed by atoms with Gasteiger partial charge in [0.25, 0.3) is 0 Å². The van der Waals surface area contributed by atoms with Crippen molar-refractivity contribution in [3.8, 4) is 6.07 Å². The summed E-state index contributed by atoms with van der Waals surface area (Å²) in [4.78, 5) is 22.6. The lowest BCUT2D eigenvalue weighted by atomic mass is 10.2. The van der Waals surface area contributed by atoms with Crippen LogP contribution in [0.25, 0.3) is 0 Å². The maximum atomic E-state index is 11.8. The molecule has 0 atom stereocenters. The lowest BCUT2D eigenvalue weighted by Gasteiger charge is -2.08. The van der Waals surface area contributed by atoms with E-state index in [2.05, 4.69) is 10.5 Å². The van der Waals surface area contributed by atoms with Crippen LogP contribution in [-0.2, 0) is 9.53 Å². The van der Waals surface area contributed by atoms with Crippen LogP contribution in [0, 0.1) is 16.7 Å². The summed E-state index contributed by atoms with van der Waals surface area (Å²) in [6, 6.07) is 7.89. The zero-order valence-corrected chi connectivity index (χ0v) is 11.2. The standard InChI is InChI=1S/C13H13N5O3/c1-8(19)7-21-13(20)9-4-2-3-5-10(9)17-18-11(6-14)12(15)16/h2-5,17H,7H2,1H3,(H3,15,16)/b18-11+. The normalized spacial score (nSPS) is 10.4. The summed E-state index contributed by atoms with van der Waals surface area (Å²) in [6.07, 6.45) is 0. The van der Waals surface area contributed by atoms with Gasteiger partial charge >= 0.3 is 5.97 Å². The zero-order valence-electron chi connectivity index (χ0n) is 11.2. The second-order valence-corrected chi connectivity index (χ2v) is 3.92. The smallest absolute Gasteiger partial charge is 0.340 e. The van der Waals surface area contributed by atoms with Crippen LogP contribution in [0.15, 0.2) is 29.4 Å². The second kappa shape index (κ2) is 7.40. The highest BCUT2D eigenvalue weighted by Gasteiger charge is 2.13. The Bertz CT molecular complexity index is 645. The Kier molecular flexibility index (Phi) is 5.58. The van der Waals surface area contributed by atoms with Gasteiger partial charge < -0.3 is 10.5 Å². The Morgan fingerprint density at radius 3 is 2.71 bits per heavy atom. The van der Waals surface area contributed by atoms with Gasteiger partial charge in [0.15, 0.2) is 11.6 Å². The number of esters is 1. The van der Waals surface area contributed by atoms with Crippen LogP contribution in [0.1, 0.15) is 17.3 Å². The molecule has 1 rings (SSSR count). The van der Waals surface area contributed by atoms with Crippen LogP contribution in [0.3, 0.4) is 0 Å². The topological polar surface area (TPSA) is 141 Å². The van der Waals surface area contributed by atoms with E-state index >= 15 is 0 Å². The molecule has 1 aromatic carbocycles. The highest BCUT2D eigenvalue weighted by Crippen LogP contribution is 2.16. The molecule has 0 fully saturated rings. The van der Waals surface area contributed by atoms with Gasteiger partial charge in [0.2, 0.25) is 5.71 Å². The third kappa shape index (κ3) is 4.76. The number of ether oxygens (including phenoxy) is 1. The molecule has 0 aliphatic carbocycles. The number of Topliss-reactive ketones (excluding diaryl/α,β-unsaturated/α-hetero) is 1. The first-order chi connectivity index (χ1) is 9.95. The van der Waals surface area contributed by atoms with Gasteiger partial charge in [0, 0.05) is 0 Å². The van der Waals surface area contributed by atoms with E-state index in [0.29, 0.717) is 0 Å². The molecule has 108 valence electrons. The molecule has 0 aliphatic heterocycles. The van der Waals surface area contributed by atoms with Gasteiger partial charge in [-0.05, 0) is 19.1 Å². The molecule has 0 bridgehead atoms. The lowest BCUT2D eigenvalue weighted by molar-refractivity contribution is -0.120. The molecule has 1 aromatic rings. The summed E-state index contributed by atoms with van der Waals surface area (Å²) in [7, 11) is 0. The average molecular weight is 287 g/mol. The first-order valence-corrected chi connectivity index (χ1v) is 5.79. The molecule has 0 heterocycles. The zero-order chi connectivity index (χ0) is 15.8. The number of ketones is 1. The summed E-state index contributed by atoms with van der Waals surface area (Å²) < 4.78 is 4.80. The summed E-state index contributed by atoms with van der Waals surface area (Å²) in [6.45, 7) is 0.973. The summed E-state index contributed by atoms with van der Waals surface area (Å²) in [5.74, 6) is -1.48. The largest absolute Gasteiger partial charge is 0.454 e. The number of para-hydroxylation sites is 1. The minimum absolute atomic E-state index is 0.142. The molecule has 8 heteroatoms. The molecule has 21 heavy (non-hydrogen) atoms. The van der Waals surface area contributed by atoms with Crippen molar-refractivity contribution < 1.29 is 14.3 Å². The number of hydrazone groups is 1. The highest BCUT2D eigenvalue weighted by atomic mass is 16.5. The van der Waals surface area contributed by atoms with Crippen molar-refractivity contribution in [2.24, 2.45) is 10.8 Å². The van der Waals surface area contributed by atoms with E-state index in [1.54, 1.807) is 18.2 Å². The lowest BCUT2D eigenvalue weighted by Crippen LogP contribution is -2.22. The number of rotatable bonds is 6. The highest BCUT2D eigenvalue weighted by molar-refractivity contribution is 6.45. The number of carbonyl (C=O) groups excluding carboxylic acids is 2. The van der Waals surface area contributed by atoms with Crippen molar-refractivity contribution in [1.82, 2.24) is 0 Å². The van der Waals surface area contributed by atoms with E-state index in [1.165, 1.54) is 19.1 Å². The number of nitrogens with one attached hydrogen (secondary N) is 2. The van der Waals surface area contributed by atoms with Gasteiger partial charge in [0.05, 0.1) is 11.3 Å². The average Bonchev–Trinajstić information content (AvgIpc) is 2.45. The summed E-state index contributed by atoms with van der Waals surface area (Å²) >= 11 is 0. The number of hydrogen-bond acceptors (Lipinski definition) is 7. The maximum absolute atomic E-state index is 11.8. The quantitative estimate of drug-likeness (QED) is 0.303. The van der Waals surface area contributed by atoms with Gasteiger partial charge in [-0.3, -0.25) is 15.6 Å². The third-order valence-electron chi connectivity index (χ3n) is 2.20. The maximum Gasteiger partial charge on any atom is 0.340 e. The van der Waals surface area contributed by atoms with Crippen molar-refractivity contribution in [2.75, 3.05) is 12.0 Å². The number of amidine groups is 1. The Morgan fingerprint density at radius 2 is 2.14 bits per heavy atom. The van der Waals surface area contributed by atoms with Gasteiger partial charge in [-0.25, -0.2) is 4.79 Å². The number of nitrogens with two attached hydrogens (primary N) is 1. The van der Waals surface area contributed by atoms with Crippen LogP contribution in [0.4, 0.5) is 5.69 Å². The third-order valence-corrected chi connectivity index (χ3v) is 2.20. The molecule has 0 saturated heterocycles. The molecular formula is C13H13N5O3. The molecule has 4 N–H and O–H groups in total. The minimum atomic E-state index is -0.704. The van der Waals surface area contributed by atoms with Crippen molar-refractivity contribution >= 4 is 29.0 Å². The molecular weight excluding hydrogens is 274 g/mol. The number of hydrogen-bond donors (Lipinski definition) is 3. The molecule has 0 amide bonds. The number of anilines is 1. The van der Waals surface area contributed by atoms with Crippen molar-refractivity contribution in [1.29, 1.82) is 10.7 Å². The number of carbonyl (C=O) groups is 2. The van der Waals surface area contributed by atoms with E-state index in [1.807, 2.05) is 0 Å². The fourth-order valence-electron chi connectivity index (χ4n) is 1.27. The second-order valence-electron chi connectivity index (χ2n) is 3.92. The van der Waals surface area contributed by atoms with E-state index in [9.17, 15) is 9.59 Å². The fraction of sp³-hybridized carbons (Fsp3) is 0.154. The van der Waals surface area contributed by atoms with Gasteiger partial charge in [-0.2, -0.15) is 10.4 Å². The Balaban J connectivity index is 2.95. The molecule has 0 saturated carbocycles. The molecule has 0 unspecified atom stereocenters. The van der Waals surface area contributed by atoms with Gasteiger partial charge in [-0.1, -0.05) is 12.1 Å². The van der Waals surface area contributed by atoms with Crippen LogP contribution >= 0.6 is 0 Å². The van der Waals surface area contributed by atoms with Crippen molar-refractivity contribution in [2.45, 2.75) is 6.92 Å². The van der Waals surface area contributed by atoms with E-state index in [4.69, 9.17) is 21.1 Å². The Hall–Kier alpha value is -3.21. The van der Waals surface area contributed by atoms with E-state index in [-0.39, 0.29) is 29.4 Å². The summed E-state index contributed by atoms with van der Waals surface area (Å²) in [5, 5.41) is 19.5. The number of nitriles is 1. The Labute approximate surface area is 120 Å². The molecule has 0 aromatic heterocycles. The first-order valence-electron chi connectivity index (χ1n) is 5.79. The van der Waals surface area contributed by atoms with Crippen LogP contribution in [0.2, 0.25) is 0 Å². The predicted molar refractivity (Wildman–Crippen MR) is 76.0 cm³/mol. The van der Waals surface area contributed by atoms with Crippen molar-refractivity contribution in [3.63, 3.8) is 0 Å². The SMILES string of the molecule is CC(=O)COC(=O)c1ccccc1N/N=C(\C#N)C(=N)N. The Morgan fingerprint density at radius 1 is 1.48 bits per heavy atom. The van der Waals surface area contributed by atoms with Crippen LogP contribution in [-0.4, -0.2) is 29.9 Å². The van der Waals surface area contributed by atoms with Crippen molar-refractivity contribution in [3.05, 3.63) is 29.8 Å². The number of nitrogens with zero attached hydrogens (tertiary/aromatic N) is 2. The molecule has 0 aliphatic rings. The van der Waals surface area contributed by atoms with Gasteiger partial charge in [0.1, 0.15) is 12.7 Å². The molecule has 0 radical (unpaired) electrons. The van der Waals surface area contributed by atoms with Gasteiger partial charge in [-0.15, -0.1) is 0 Å². The first kappa shape index (κ1) is 15.8. The molecule has 8 nitrogen and oxygen atoms in total. The van der Waals surface area contributed by atoms with Crippen LogP contribution < -0.4 is 11.2 Å². The van der Waals surface area contributed by atoms with E-state index < -0.39 is 11.8 Å². The monoisotopic (exact) mass is 287 g/mol. The predicted octanol–water partition coefficient (Wildman–Crippen LogP) is 0.660. The van der Waals surface area contributed by atoms with E-state index in [0.717, 1.165) is 0 Å². The fourth-order valence-corrected chi connectivity index (χ4v) is 1.27. The summed E-state index contributed by atoms with van der Waals surface area (Å²) in [5.41, 5.74) is 7.71. The van der Waals surface area contributed by atoms with Crippen LogP contribution in [0.5, 0.6) is 0 Å². The molecule has 0 spiro atoms.